The van der Waals surface area contributed by atoms with Crippen molar-refractivity contribution in [1.82, 2.24) is 4.90 Å². The first kappa shape index (κ1) is 14.8. The predicted molar refractivity (Wildman–Crippen MR) is 78.9 cm³/mol. The molecule has 0 bridgehead atoms. The topological polar surface area (TPSA) is 58.4 Å². The molecule has 1 aromatic rings. The highest BCUT2D eigenvalue weighted by Crippen LogP contribution is 2.18. The summed E-state index contributed by atoms with van der Waals surface area (Å²) in [4.78, 5) is 14.2. The van der Waals surface area contributed by atoms with Crippen molar-refractivity contribution in [2.75, 3.05) is 30.7 Å². The molecule has 0 atom stereocenters. The van der Waals surface area contributed by atoms with Gasteiger partial charge in [0.25, 0.3) is 0 Å². The molecule has 1 fully saturated rings. The van der Waals surface area contributed by atoms with Crippen molar-refractivity contribution in [1.29, 1.82) is 0 Å². The number of nitrogens with one attached hydrogen (secondary N) is 1. The van der Waals surface area contributed by atoms with Crippen LogP contribution in [-0.2, 0) is 4.79 Å². The van der Waals surface area contributed by atoms with E-state index in [0.717, 1.165) is 25.6 Å². The highest BCUT2D eigenvalue weighted by molar-refractivity contribution is 5.91. The van der Waals surface area contributed by atoms with E-state index >= 15 is 0 Å². The van der Waals surface area contributed by atoms with E-state index in [1.54, 1.807) is 0 Å². The summed E-state index contributed by atoms with van der Waals surface area (Å²) in [6, 6.07) is 4.22. The number of nitrogens with zero attached hydrogens (tertiary/aromatic N) is 1. The lowest BCUT2D eigenvalue weighted by molar-refractivity contribution is -0.116. The van der Waals surface area contributed by atoms with Gasteiger partial charge in [0.15, 0.2) is 0 Å². The van der Waals surface area contributed by atoms with Crippen LogP contribution in [0.1, 0.15) is 26.2 Å². The summed E-state index contributed by atoms with van der Waals surface area (Å²) in [6.45, 7) is 5.17. The average molecular weight is 279 g/mol. The minimum Gasteiger partial charge on any atom is -0.396 e. The number of nitrogens with two attached hydrogens (primary N) is 1. The number of likely N-dealkylation sites (tertiary alicyclic amines) is 1. The molecule has 1 heterocycles. The van der Waals surface area contributed by atoms with Crippen molar-refractivity contribution in [3.63, 3.8) is 0 Å². The molecule has 3 N–H and O–H groups in total. The number of halogens is 1. The number of hydrogen-bond acceptors (Lipinski definition) is 3. The number of nitrogen functional groups attached to an aromatic ring is 1. The predicted octanol–water partition coefficient (Wildman–Crippen LogP) is 2.47. The molecule has 1 amide bonds. The van der Waals surface area contributed by atoms with Gasteiger partial charge in [0.1, 0.15) is 5.82 Å². The summed E-state index contributed by atoms with van der Waals surface area (Å²) >= 11 is 0. The molecule has 0 aliphatic carbocycles. The zero-order valence-corrected chi connectivity index (χ0v) is 11.9. The molecule has 2 rings (SSSR count). The van der Waals surface area contributed by atoms with Crippen LogP contribution in [0.4, 0.5) is 15.8 Å². The number of rotatable bonds is 4. The molecular weight excluding hydrogens is 257 g/mol. The number of amides is 1. The Morgan fingerprint density at radius 1 is 1.45 bits per heavy atom. The van der Waals surface area contributed by atoms with Crippen LogP contribution in [-0.4, -0.2) is 30.4 Å². The molecule has 20 heavy (non-hydrogen) atoms. The molecule has 1 saturated heterocycles. The van der Waals surface area contributed by atoms with E-state index in [1.165, 1.54) is 31.0 Å². The number of carbonyl (C=O) groups excluding carboxylic acids is 1. The Morgan fingerprint density at radius 2 is 2.15 bits per heavy atom. The van der Waals surface area contributed by atoms with E-state index in [2.05, 4.69) is 17.1 Å². The largest absolute Gasteiger partial charge is 0.396 e. The molecule has 1 aliphatic heterocycles. The van der Waals surface area contributed by atoms with Gasteiger partial charge in [-0.15, -0.1) is 0 Å². The van der Waals surface area contributed by atoms with Gasteiger partial charge in [-0.05, 0) is 50.0 Å². The van der Waals surface area contributed by atoms with Crippen molar-refractivity contribution >= 4 is 17.3 Å². The second-order valence-corrected chi connectivity index (χ2v) is 5.56. The fourth-order valence-corrected chi connectivity index (χ4v) is 2.39. The molecule has 5 heteroatoms. The molecule has 0 saturated carbocycles. The van der Waals surface area contributed by atoms with Crippen molar-refractivity contribution in [3.05, 3.63) is 24.0 Å². The Hall–Kier alpha value is -1.62. The lowest BCUT2D eigenvalue weighted by Crippen LogP contribution is -2.35. The Morgan fingerprint density at radius 3 is 2.80 bits per heavy atom. The highest BCUT2D eigenvalue weighted by atomic mass is 19.1. The lowest BCUT2D eigenvalue weighted by Gasteiger charge is -2.29. The molecular formula is C15H22FN3O. The van der Waals surface area contributed by atoms with Gasteiger partial charge in [0, 0.05) is 18.7 Å². The van der Waals surface area contributed by atoms with Gasteiger partial charge < -0.3 is 16.0 Å². The third-order valence-corrected chi connectivity index (χ3v) is 3.81. The van der Waals surface area contributed by atoms with Crippen LogP contribution in [0.5, 0.6) is 0 Å². The molecule has 4 nitrogen and oxygen atoms in total. The number of carbonyl (C=O) groups is 1. The van der Waals surface area contributed by atoms with E-state index in [4.69, 9.17) is 5.73 Å². The molecule has 0 spiro atoms. The van der Waals surface area contributed by atoms with E-state index < -0.39 is 5.82 Å². The molecule has 110 valence electrons. The van der Waals surface area contributed by atoms with Crippen molar-refractivity contribution in [2.24, 2.45) is 5.92 Å². The normalized spacial score (nSPS) is 17.1. The zero-order chi connectivity index (χ0) is 14.5. The van der Waals surface area contributed by atoms with Crippen LogP contribution in [0.2, 0.25) is 0 Å². The van der Waals surface area contributed by atoms with Crippen LogP contribution >= 0.6 is 0 Å². The van der Waals surface area contributed by atoms with Crippen LogP contribution in [0.25, 0.3) is 0 Å². The maximum atomic E-state index is 13.0. The monoisotopic (exact) mass is 279 g/mol. The lowest BCUT2D eigenvalue weighted by atomic mass is 9.99. The van der Waals surface area contributed by atoms with Gasteiger partial charge in [-0.1, -0.05) is 6.92 Å². The molecule has 1 aromatic carbocycles. The smallest absolute Gasteiger partial charge is 0.225 e. The summed E-state index contributed by atoms with van der Waals surface area (Å²) in [5, 5.41) is 2.75. The molecule has 0 radical (unpaired) electrons. The fraction of sp³-hybridized carbons (Fsp3) is 0.533. The van der Waals surface area contributed by atoms with Crippen LogP contribution < -0.4 is 11.1 Å². The van der Waals surface area contributed by atoms with Gasteiger partial charge in [-0.25, -0.2) is 4.39 Å². The summed E-state index contributed by atoms with van der Waals surface area (Å²) in [6.07, 6.45) is 2.86. The van der Waals surface area contributed by atoms with Crippen molar-refractivity contribution < 1.29 is 9.18 Å². The third-order valence-electron chi connectivity index (χ3n) is 3.81. The molecule has 1 aliphatic rings. The number of piperidine rings is 1. The number of benzene rings is 1. The second-order valence-electron chi connectivity index (χ2n) is 5.56. The fourth-order valence-electron chi connectivity index (χ4n) is 2.39. The van der Waals surface area contributed by atoms with Crippen molar-refractivity contribution in [2.45, 2.75) is 26.2 Å². The first-order chi connectivity index (χ1) is 9.54. The first-order valence-electron chi connectivity index (χ1n) is 7.12. The summed E-state index contributed by atoms with van der Waals surface area (Å²) in [5.74, 6) is 0.266. The van der Waals surface area contributed by atoms with Crippen LogP contribution in [0.3, 0.4) is 0 Å². The van der Waals surface area contributed by atoms with Crippen molar-refractivity contribution in [3.8, 4) is 0 Å². The first-order valence-corrected chi connectivity index (χ1v) is 7.12. The van der Waals surface area contributed by atoms with E-state index in [0.29, 0.717) is 12.1 Å². The Labute approximate surface area is 119 Å². The summed E-state index contributed by atoms with van der Waals surface area (Å²) in [7, 11) is 0. The van der Waals surface area contributed by atoms with Crippen LogP contribution in [0.15, 0.2) is 18.2 Å². The van der Waals surface area contributed by atoms with Gasteiger partial charge in [0.05, 0.1) is 5.69 Å². The summed E-state index contributed by atoms with van der Waals surface area (Å²) in [5.41, 5.74) is 6.06. The second kappa shape index (κ2) is 6.70. The maximum Gasteiger partial charge on any atom is 0.225 e. The summed E-state index contributed by atoms with van der Waals surface area (Å²) < 4.78 is 13.0. The molecule has 0 unspecified atom stereocenters. The van der Waals surface area contributed by atoms with E-state index in [9.17, 15) is 9.18 Å². The third kappa shape index (κ3) is 4.20. The number of anilines is 2. The quantitative estimate of drug-likeness (QED) is 0.832. The van der Waals surface area contributed by atoms with E-state index in [1.807, 2.05) is 0 Å². The SMILES string of the molecule is CC1CCN(CCC(=O)Nc2ccc(F)c(N)c2)CC1. The minimum absolute atomic E-state index is 0.0489. The van der Waals surface area contributed by atoms with Gasteiger partial charge in [0.2, 0.25) is 5.91 Å². The Bertz CT molecular complexity index is 470. The standard InChI is InChI=1S/C15H22FN3O/c1-11-4-7-19(8-5-11)9-6-15(20)18-12-2-3-13(16)14(17)10-12/h2-3,10-11H,4-9,17H2,1H3,(H,18,20). The maximum absolute atomic E-state index is 13.0. The van der Waals surface area contributed by atoms with E-state index in [-0.39, 0.29) is 11.6 Å². The number of hydrogen-bond donors (Lipinski definition) is 2. The van der Waals surface area contributed by atoms with Gasteiger partial charge >= 0.3 is 0 Å². The zero-order valence-electron chi connectivity index (χ0n) is 11.9. The molecule has 0 aromatic heterocycles. The van der Waals surface area contributed by atoms with Gasteiger partial charge in [-0.2, -0.15) is 0 Å². The van der Waals surface area contributed by atoms with Gasteiger partial charge in [-0.3, -0.25) is 4.79 Å². The Balaban J connectivity index is 1.76. The average Bonchev–Trinajstić information content (AvgIpc) is 2.42. The Kier molecular flexibility index (Phi) is 4.95. The van der Waals surface area contributed by atoms with Crippen LogP contribution in [0, 0.1) is 11.7 Å². The minimum atomic E-state index is -0.467. The highest BCUT2D eigenvalue weighted by Gasteiger charge is 2.16.